The molecule has 2 aromatic rings. The minimum Gasteiger partial charge on any atom is -0.463 e. The lowest BCUT2D eigenvalue weighted by molar-refractivity contribution is -0.384. The number of hydrogen-bond acceptors (Lipinski definition) is 16. The van der Waals surface area contributed by atoms with Gasteiger partial charge in [-0.05, 0) is 24.3 Å². The Kier molecular flexibility index (Phi) is 12.5. The molecule has 1 saturated heterocycles. The average Bonchev–Trinajstić information content (AvgIpc) is 2.99. The van der Waals surface area contributed by atoms with Crippen LogP contribution in [0.1, 0.15) is 27.7 Å². The van der Waals surface area contributed by atoms with Crippen LogP contribution in [0.25, 0.3) is 0 Å². The zero-order valence-electron chi connectivity index (χ0n) is 25.4. The zero-order chi connectivity index (χ0) is 34.7. The van der Waals surface area contributed by atoms with Gasteiger partial charge in [-0.3, -0.25) is 29.3 Å². The SMILES string of the molecule is CC(=O)OC[C@H]1O[C@H](OC(=O)N(COC(=O)Oc2ccc([N+](=O)[O-])cc2)c2ccccc2)[C@H](OC(C)=O)[C@@H](OC(C)=O)[C@H]1OC(C)=O. The second kappa shape index (κ2) is 16.5. The van der Waals surface area contributed by atoms with Gasteiger partial charge in [0, 0.05) is 39.8 Å². The van der Waals surface area contributed by atoms with Crippen molar-refractivity contribution < 1.29 is 71.6 Å². The number of carbonyl (C=O) groups is 6. The lowest BCUT2D eigenvalue weighted by atomic mass is 9.98. The Labute approximate surface area is 266 Å². The molecule has 252 valence electrons. The van der Waals surface area contributed by atoms with Crippen LogP contribution in [0.3, 0.4) is 0 Å². The van der Waals surface area contributed by atoms with Crippen LogP contribution in [-0.4, -0.2) is 85.1 Å². The van der Waals surface area contributed by atoms with Gasteiger partial charge in [0.2, 0.25) is 12.4 Å². The highest BCUT2D eigenvalue weighted by Gasteiger charge is 2.54. The van der Waals surface area contributed by atoms with Crippen LogP contribution in [0.2, 0.25) is 0 Å². The summed E-state index contributed by atoms with van der Waals surface area (Å²) in [4.78, 5) is 84.7. The fourth-order valence-electron chi connectivity index (χ4n) is 4.17. The van der Waals surface area contributed by atoms with Crippen LogP contribution in [0, 0.1) is 10.1 Å². The average molecular weight is 663 g/mol. The zero-order valence-corrected chi connectivity index (χ0v) is 25.4. The molecule has 0 N–H and O–H groups in total. The molecule has 18 nitrogen and oxygen atoms in total. The lowest BCUT2D eigenvalue weighted by Gasteiger charge is -2.43. The summed E-state index contributed by atoms with van der Waals surface area (Å²) in [6, 6.07) is 12.2. The highest BCUT2D eigenvalue weighted by atomic mass is 16.8. The molecule has 0 aromatic heterocycles. The van der Waals surface area contributed by atoms with E-state index in [0.717, 1.165) is 56.9 Å². The maximum absolute atomic E-state index is 13.6. The van der Waals surface area contributed by atoms with Crippen LogP contribution in [0.5, 0.6) is 5.75 Å². The highest BCUT2D eigenvalue weighted by molar-refractivity contribution is 5.87. The molecule has 1 aliphatic rings. The van der Waals surface area contributed by atoms with Gasteiger partial charge in [0.15, 0.2) is 18.9 Å². The van der Waals surface area contributed by atoms with Crippen LogP contribution < -0.4 is 9.64 Å². The molecule has 0 spiro atoms. The molecule has 1 fully saturated rings. The molecular formula is C29H30N2O16. The summed E-state index contributed by atoms with van der Waals surface area (Å²) in [6.45, 7) is 2.81. The molecule has 1 heterocycles. The van der Waals surface area contributed by atoms with E-state index in [0.29, 0.717) is 0 Å². The molecule has 3 rings (SSSR count). The number of nitrogens with zero attached hydrogens (tertiary/aromatic N) is 2. The van der Waals surface area contributed by atoms with E-state index in [1.807, 2.05) is 0 Å². The number of non-ortho nitro benzene ring substituents is 1. The number of para-hydroxylation sites is 1. The number of ether oxygens (including phenoxy) is 8. The van der Waals surface area contributed by atoms with Gasteiger partial charge in [-0.2, -0.15) is 0 Å². The predicted molar refractivity (Wildman–Crippen MR) is 152 cm³/mol. The third-order valence-corrected chi connectivity index (χ3v) is 6.01. The van der Waals surface area contributed by atoms with Gasteiger partial charge in [-0.25, -0.2) is 14.5 Å². The monoisotopic (exact) mass is 662 g/mol. The van der Waals surface area contributed by atoms with Crippen molar-refractivity contribution in [3.8, 4) is 5.75 Å². The summed E-state index contributed by atoms with van der Waals surface area (Å²) in [5, 5.41) is 10.9. The molecule has 0 aliphatic carbocycles. The molecule has 0 radical (unpaired) electrons. The number of anilines is 1. The van der Waals surface area contributed by atoms with E-state index >= 15 is 0 Å². The van der Waals surface area contributed by atoms with Crippen molar-refractivity contribution in [2.45, 2.75) is 58.4 Å². The van der Waals surface area contributed by atoms with Gasteiger partial charge in [-0.15, -0.1) is 0 Å². The molecule has 47 heavy (non-hydrogen) atoms. The molecule has 0 bridgehead atoms. The third-order valence-electron chi connectivity index (χ3n) is 6.01. The van der Waals surface area contributed by atoms with Crippen LogP contribution in [0.15, 0.2) is 54.6 Å². The molecule has 5 atom stereocenters. The van der Waals surface area contributed by atoms with E-state index in [2.05, 4.69) is 0 Å². The summed E-state index contributed by atoms with van der Waals surface area (Å²) in [7, 11) is 0. The number of amides is 1. The van der Waals surface area contributed by atoms with Crippen molar-refractivity contribution in [1.82, 2.24) is 0 Å². The second-order valence-corrected chi connectivity index (χ2v) is 9.59. The van der Waals surface area contributed by atoms with Crippen LogP contribution in [0.4, 0.5) is 21.0 Å². The van der Waals surface area contributed by atoms with Crippen molar-refractivity contribution in [2.75, 3.05) is 18.2 Å². The first-order chi connectivity index (χ1) is 22.2. The normalized spacial score (nSPS) is 20.0. The van der Waals surface area contributed by atoms with Crippen molar-refractivity contribution in [1.29, 1.82) is 0 Å². The first-order valence-electron chi connectivity index (χ1n) is 13.7. The van der Waals surface area contributed by atoms with E-state index in [1.165, 1.54) is 12.1 Å². The van der Waals surface area contributed by atoms with Gasteiger partial charge in [0.05, 0.1) is 10.6 Å². The fourth-order valence-corrected chi connectivity index (χ4v) is 4.17. The Balaban J connectivity index is 1.88. The number of benzene rings is 2. The standard InChI is InChI=1S/C29H30N2O16/c1-16(32)40-14-23-24(42-17(2)33)25(43-18(3)34)26(44-19(4)35)27(46-23)47-28(36)30(20-8-6-5-7-9-20)15-41-29(37)45-22-12-10-21(11-13-22)31(38)39/h5-13,23-27H,14-15H2,1-4H3/t23-,24+,25+,26-,27-/m1/s1. The molecule has 0 saturated carbocycles. The third kappa shape index (κ3) is 10.7. The van der Waals surface area contributed by atoms with Crippen molar-refractivity contribution >= 4 is 47.5 Å². The Bertz CT molecular complexity index is 1460. The summed E-state index contributed by atoms with van der Waals surface area (Å²) in [6.07, 6.45) is -10.6. The van der Waals surface area contributed by atoms with Crippen LogP contribution in [-0.2, 0) is 52.3 Å². The fraction of sp³-hybridized carbons (Fsp3) is 0.379. The van der Waals surface area contributed by atoms with Gasteiger partial charge in [-0.1, -0.05) is 18.2 Å². The summed E-state index contributed by atoms with van der Waals surface area (Å²) >= 11 is 0. The Morgan fingerprint density at radius 1 is 0.745 bits per heavy atom. The van der Waals surface area contributed by atoms with Crippen molar-refractivity contribution in [2.24, 2.45) is 0 Å². The predicted octanol–water partition coefficient (Wildman–Crippen LogP) is 2.79. The van der Waals surface area contributed by atoms with E-state index < -0.39 is 85.1 Å². The van der Waals surface area contributed by atoms with Gasteiger partial charge < -0.3 is 37.9 Å². The lowest BCUT2D eigenvalue weighted by Crippen LogP contribution is -2.63. The smallest absolute Gasteiger partial charge is 0.463 e. The van der Waals surface area contributed by atoms with E-state index in [9.17, 15) is 38.9 Å². The first kappa shape index (κ1) is 35.7. The molecule has 0 unspecified atom stereocenters. The Hall–Kier alpha value is -5.78. The molecule has 1 amide bonds. The molecule has 1 aliphatic heterocycles. The molecular weight excluding hydrogens is 632 g/mol. The van der Waals surface area contributed by atoms with Gasteiger partial charge in [0.1, 0.15) is 18.5 Å². The highest BCUT2D eigenvalue weighted by Crippen LogP contribution is 2.31. The summed E-state index contributed by atoms with van der Waals surface area (Å²) < 4.78 is 42.3. The maximum Gasteiger partial charge on any atom is 0.515 e. The maximum atomic E-state index is 13.6. The second-order valence-electron chi connectivity index (χ2n) is 9.59. The van der Waals surface area contributed by atoms with Gasteiger partial charge in [0.25, 0.3) is 5.69 Å². The largest absolute Gasteiger partial charge is 0.515 e. The minimum absolute atomic E-state index is 0.0908. The van der Waals surface area contributed by atoms with Crippen molar-refractivity contribution in [3.63, 3.8) is 0 Å². The molecule has 18 heteroatoms. The van der Waals surface area contributed by atoms with E-state index in [1.54, 1.807) is 18.2 Å². The number of rotatable bonds is 11. The summed E-state index contributed by atoms with van der Waals surface area (Å²) in [5.74, 6) is -3.51. The number of hydrogen-bond donors (Lipinski definition) is 0. The number of nitro benzene ring substituents is 1. The van der Waals surface area contributed by atoms with E-state index in [-0.39, 0.29) is 17.1 Å². The topological polar surface area (TPSA) is 223 Å². The van der Waals surface area contributed by atoms with E-state index in [4.69, 9.17) is 37.9 Å². The number of esters is 4. The Morgan fingerprint density at radius 3 is 1.87 bits per heavy atom. The Morgan fingerprint density at radius 2 is 1.32 bits per heavy atom. The minimum atomic E-state index is -1.86. The molecule has 2 aromatic carbocycles. The van der Waals surface area contributed by atoms with Gasteiger partial charge >= 0.3 is 36.1 Å². The van der Waals surface area contributed by atoms with Crippen LogP contribution >= 0.6 is 0 Å². The van der Waals surface area contributed by atoms with Crippen molar-refractivity contribution in [3.05, 3.63) is 64.7 Å². The quantitative estimate of drug-likeness (QED) is 0.0842. The first-order valence-corrected chi connectivity index (χ1v) is 13.7. The summed E-state index contributed by atoms with van der Waals surface area (Å²) in [5.41, 5.74) is -0.0998. The number of nitro groups is 1. The number of carbonyl (C=O) groups excluding carboxylic acids is 6.